The SMILES string of the molecule is CNCC1(Cc2cccc(F)c2Br)CCOC1C. The standard InChI is InChI=1S/C14H19BrFNO/c1-10-14(9-17-2,6-7-18-10)8-11-4-3-5-12(16)13(11)15/h3-5,10,17H,6-9H2,1-2H3. The lowest BCUT2D eigenvalue weighted by Gasteiger charge is -2.32. The van der Waals surface area contributed by atoms with E-state index in [0.29, 0.717) is 4.47 Å². The van der Waals surface area contributed by atoms with E-state index in [-0.39, 0.29) is 17.3 Å². The predicted octanol–water partition coefficient (Wildman–Crippen LogP) is 3.15. The maximum Gasteiger partial charge on any atom is 0.137 e. The molecule has 2 rings (SSSR count). The molecule has 0 bridgehead atoms. The first-order valence-electron chi connectivity index (χ1n) is 6.28. The van der Waals surface area contributed by atoms with Gasteiger partial charge < -0.3 is 10.1 Å². The summed E-state index contributed by atoms with van der Waals surface area (Å²) in [5.74, 6) is -0.196. The van der Waals surface area contributed by atoms with E-state index >= 15 is 0 Å². The lowest BCUT2D eigenvalue weighted by molar-refractivity contribution is 0.0639. The van der Waals surface area contributed by atoms with E-state index < -0.39 is 0 Å². The van der Waals surface area contributed by atoms with Crippen LogP contribution in [0.2, 0.25) is 0 Å². The summed E-state index contributed by atoms with van der Waals surface area (Å²) in [7, 11) is 1.95. The fourth-order valence-corrected chi connectivity index (χ4v) is 3.17. The molecule has 1 aliphatic rings. The first-order chi connectivity index (χ1) is 8.59. The highest BCUT2D eigenvalue weighted by molar-refractivity contribution is 9.10. The first kappa shape index (κ1) is 14.0. The Morgan fingerprint density at radius 1 is 1.56 bits per heavy atom. The molecule has 0 aromatic heterocycles. The molecule has 0 aliphatic carbocycles. The summed E-state index contributed by atoms with van der Waals surface area (Å²) in [4.78, 5) is 0. The minimum atomic E-state index is -0.196. The van der Waals surface area contributed by atoms with E-state index in [2.05, 4.69) is 28.2 Å². The summed E-state index contributed by atoms with van der Waals surface area (Å²) in [6.45, 7) is 3.78. The third-order valence-corrected chi connectivity index (χ3v) is 4.82. The van der Waals surface area contributed by atoms with Crippen LogP contribution in [0, 0.1) is 11.2 Å². The third-order valence-electron chi connectivity index (χ3n) is 3.93. The van der Waals surface area contributed by atoms with Gasteiger partial charge in [0.25, 0.3) is 0 Å². The maximum atomic E-state index is 13.6. The predicted molar refractivity (Wildman–Crippen MR) is 74.2 cm³/mol. The van der Waals surface area contributed by atoms with Gasteiger partial charge in [0.05, 0.1) is 10.6 Å². The van der Waals surface area contributed by atoms with Crippen molar-refractivity contribution in [2.24, 2.45) is 5.41 Å². The van der Waals surface area contributed by atoms with Crippen LogP contribution in [0.3, 0.4) is 0 Å². The largest absolute Gasteiger partial charge is 0.378 e. The van der Waals surface area contributed by atoms with Gasteiger partial charge in [0.15, 0.2) is 0 Å². The number of hydrogen-bond donors (Lipinski definition) is 1. The van der Waals surface area contributed by atoms with E-state index in [1.165, 1.54) is 6.07 Å². The lowest BCUT2D eigenvalue weighted by atomic mass is 9.76. The van der Waals surface area contributed by atoms with Crippen LogP contribution in [0.15, 0.2) is 22.7 Å². The molecule has 1 N–H and O–H groups in total. The summed E-state index contributed by atoms with van der Waals surface area (Å²) in [5.41, 5.74) is 1.08. The Bertz CT molecular complexity index is 426. The highest BCUT2D eigenvalue weighted by Gasteiger charge is 2.41. The Hall–Kier alpha value is -0.450. The zero-order valence-electron chi connectivity index (χ0n) is 10.8. The molecule has 1 aliphatic heterocycles. The van der Waals surface area contributed by atoms with E-state index in [0.717, 1.165) is 31.6 Å². The molecule has 2 unspecified atom stereocenters. The smallest absolute Gasteiger partial charge is 0.137 e. The Balaban J connectivity index is 2.26. The number of hydrogen-bond acceptors (Lipinski definition) is 2. The molecular formula is C14H19BrFNO. The molecule has 100 valence electrons. The highest BCUT2D eigenvalue weighted by Crippen LogP contribution is 2.39. The van der Waals surface area contributed by atoms with Gasteiger partial charge in [-0.1, -0.05) is 12.1 Å². The van der Waals surface area contributed by atoms with Crippen LogP contribution in [-0.4, -0.2) is 26.3 Å². The zero-order chi connectivity index (χ0) is 13.2. The monoisotopic (exact) mass is 315 g/mol. The Morgan fingerprint density at radius 2 is 2.33 bits per heavy atom. The van der Waals surface area contributed by atoms with Gasteiger partial charge in [-0.05, 0) is 54.4 Å². The Labute approximate surface area is 116 Å². The summed E-state index contributed by atoms with van der Waals surface area (Å²) < 4.78 is 19.9. The molecule has 0 saturated carbocycles. The number of benzene rings is 1. The first-order valence-corrected chi connectivity index (χ1v) is 7.07. The van der Waals surface area contributed by atoms with Crippen molar-refractivity contribution in [2.45, 2.75) is 25.9 Å². The molecule has 0 radical (unpaired) electrons. The summed E-state index contributed by atoms with van der Waals surface area (Å²) in [6.07, 6.45) is 2.03. The summed E-state index contributed by atoms with van der Waals surface area (Å²) in [5, 5.41) is 3.25. The van der Waals surface area contributed by atoms with Crippen molar-refractivity contribution in [1.82, 2.24) is 5.32 Å². The highest BCUT2D eigenvalue weighted by atomic mass is 79.9. The Kier molecular flexibility index (Phi) is 4.41. The number of ether oxygens (including phenoxy) is 1. The normalized spacial score (nSPS) is 27.7. The zero-order valence-corrected chi connectivity index (χ0v) is 12.4. The molecule has 1 saturated heterocycles. The average molecular weight is 316 g/mol. The second-order valence-electron chi connectivity index (χ2n) is 5.05. The average Bonchev–Trinajstić information content (AvgIpc) is 2.68. The lowest BCUT2D eigenvalue weighted by Crippen LogP contribution is -2.40. The number of halogens is 2. The molecule has 1 aromatic carbocycles. The molecule has 1 fully saturated rings. The van der Waals surface area contributed by atoms with Gasteiger partial charge in [-0.25, -0.2) is 4.39 Å². The van der Waals surface area contributed by atoms with Crippen LogP contribution in [-0.2, 0) is 11.2 Å². The van der Waals surface area contributed by atoms with Gasteiger partial charge in [-0.15, -0.1) is 0 Å². The fraction of sp³-hybridized carbons (Fsp3) is 0.571. The molecule has 4 heteroatoms. The molecule has 0 spiro atoms. The second kappa shape index (κ2) is 5.68. The van der Waals surface area contributed by atoms with Crippen LogP contribution >= 0.6 is 15.9 Å². The van der Waals surface area contributed by atoms with Crippen molar-refractivity contribution in [1.29, 1.82) is 0 Å². The van der Waals surface area contributed by atoms with Crippen LogP contribution in [0.1, 0.15) is 18.9 Å². The quantitative estimate of drug-likeness (QED) is 0.921. The van der Waals surface area contributed by atoms with Gasteiger partial charge >= 0.3 is 0 Å². The van der Waals surface area contributed by atoms with Crippen LogP contribution in [0.4, 0.5) is 4.39 Å². The van der Waals surface area contributed by atoms with Crippen LogP contribution in [0.25, 0.3) is 0 Å². The second-order valence-corrected chi connectivity index (χ2v) is 5.84. The minimum Gasteiger partial charge on any atom is -0.378 e. The number of rotatable bonds is 4. The summed E-state index contributed by atoms with van der Waals surface area (Å²) >= 11 is 3.35. The van der Waals surface area contributed by atoms with E-state index in [4.69, 9.17) is 4.74 Å². The van der Waals surface area contributed by atoms with E-state index in [1.54, 1.807) is 6.07 Å². The molecule has 18 heavy (non-hydrogen) atoms. The van der Waals surface area contributed by atoms with Gasteiger partial charge in [0.2, 0.25) is 0 Å². The molecular weight excluding hydrogens is 297 g/mol. The molecule has 2 nitrogen and oxygen atoms in total. The van der Waals surface area contributed by atoms with Gasteiger partial charge in [0.1, 0.15) is 5.82 Å². The number of nitrogens with one attached hydrogen (secondary N) is 1. The summed E-state index contributed by atoms with van der Waals surface area (Å²) in [6, 6.07) is 5.23. The molecule has 1 heterocycles. The van der Waals surface area contributed by atoms with Crippen LogP contribution in [0.5, 0.6) is 0 Å². The van der Waals surface area contributed by atoms with Crippen molar-refractivity contribution in [3.05, 3.63) is 34.1 Å². The van der Waals surface area contributed by atoms with Gasteiger partial charge in [0, 0.05) is 18.6 Å². The van der Waals surface area contributed by atoms with Crippen molar-refractivity contribution >= 4 is 15.9 Å². The van der Waals surface area contributed by atoms with E-state index in [1.807, 2.05) is 13.1 Å². The van der Waals surface area contributed by atoms with Crippen LogP contribution < -0.4 is 5.32 Å². The molecule has 2 atom stereocenters. The van der Waals surface area contributed by atoms with Gasteiger partial charge in [-0.2, -0.15) is 0 Å². The van der Waals surface area contributed by atoms with Crippen molar-refractivity contribution in [3.8, 4) is 0 Å². The topological polar surface area (TPSA) is 21.3 Å². The molecule has 1 aromatic rings. The fourth-order valence-electron chi connectivity index (χ4n) is 2.76. The minimum absolute atomic E-state index is 0.0606. The van der Waals surface area contributed by atoms with E-state index in [9.17, 15) is 4.39 Å². The molecule has 0 amide bonds. The van der Waals surface area contributed by atoms with Gasteiger partial charge in [-0.3, -0.25) is 0 Å². The van der Waals surface area contributed by atoms with Crippen molar-refractivity contribution < 1.29 is 9.13 Å². The van der Waals surface area contributed by atoms with Crippen molar-refractivity contribution in [2.75, 3.05) is 20.2 Å². The maximum absolute atomic E-state index is 13.6. The Morgan fingerprint density at radius 3 is 2.94 bits per heavy atom. The third kappa shape index (κ3) is 2.60. The van der Waals surface area contributed by atoms with Crippen molar-refractivity contribution in [3.63, 3.8) is 0 Å².